The van der Waals surface area contributed by atoms with E-state index in [9.17, 15) is 19.5 Å². The Bertz CT molecular complexity index is 639. The molecule has 0 radical (unpaired) electrons. The minimum atomic E-state index is -1.20. The van der Waals surface area contributed by atoms with Crippen molar-refractivity contribution in [2.24, 2.45) is 0 Å². The van der Waals surface area contributed by atoms with Crippen LogP contribution in [0, 0.1) is 0 Å². The molecule has 1 aromatic rings. The molecule has 7 heteroatoms. The number of amides is 2. The van der Waals surface area contributed by atoms with E-state index in [1.807, 2.05) is 0 Å². The first-order chi connectivity index (χ1) is 11.8. The van der Waals surface area contributed by atoms with Crippen molar-refractivity contribution in [2.45, 2.75) is 57.0 Å². The predicted molar refractivity (Wildman–Crippen MR) is 94.2 cm³/mol. The van der Waals surface area contributed by atoms with Crippen LogP contribution < -0.4 is 10.6 Å². The highest BCUT2D eigenvalue weighted by Gasteiger charge is 2.41. The van der Waals surface area contributed by atoms with Crippen molar-refractivity contribution in [3.8, 4) is 0 Å². The van der Waals surface area contributed by atoms with Gasteiger partial charge in [-0.2, -0.15) is 0 Å². The molecule has 25 heavy (non-hydrogen) atoms. The van der Waals surface area contributed by atoms with Crippen LogP contribution in [0.25, 0.3) is 0 Å². The minimum Gasteiger partial charge on any atom is -0.480 e. The van der Waals surface area contributed by atoms with Crippen LogP contribution in [0.4, 0.5) is 0 Å². The number of hydrogen-bond donors (Lipinski definition) is 3. The van der Waals surface area contributed by atoms with Gasteiger partial charge in [-0.3, -0.25) is 9.59 Å². The van der Waals surface area contributed by atoms with Crippen LogP contribution in [-0.4, -0.2) is 28.4 Å². The molecular formula is C18H23ClN2O4. The molecule has 1 aliphatic rings. The van der Waals surface area contributed by atoms with Gasteiger partial charge in [0.2, 0.25) is 11.8 Å². The smallest absolute Gasteiger partial charge is 0.329 e. The summed E-state index contributed by atoms with van der Waals surface area (Å²) in [7, 11) is 0. The lowest BCUT2D eigenvalue weighted by atomic mass is 9.81. The fourth-order valence-electron chi connectivity index (χ4n) is 3.24. The van der Waals surface area contributed by atoms with Gasteiger partial charge in [0.25, 0.3) is 0 Å². The zero-order valence-corrected chi connectivity index (χ0v) is 14.9. The second-order valence-electron chi connectivity index (χ2n) is 6.50. The summed E-state index contributed by atoms with van der Waals surface area (Å²) in [6.45, 7) is 1.38. The van der Waals surface area contributed by atoms with Gasteiger partial charge >= 0.3 is 5.97 Å². The number of rotatable bonds is 6. The van der Waals surface area contributed by atoms with Gasteiger partial charge in [0.1, 0.15) is 5.54 Å². The molecule has 1 saturated carbocycles. The Morgan fingerprint density at radius 3 is 2.28 bits per heavy atom. The molecule has 2 amide bonds. The van der Waals surface area contributed by atoms with Gasteiger partial charge in [0, 0.05) is 11.9 Å². The summed E-state index contributed by atoms with van der Waals surface area (Å²) >= 11 is 5.88. The Morgan fingerprint density at radius 2 is 1.76 bits per heavy atom. The number of carbonyl (C=O) groups is 3. The number of hydrogen-bond acceptors (Lipinski definition) is 3. The quantitative estimate of drug-likeness (QED) is 0.721. The van der Waals surface area contributed by atoms with Crippen LogP contribution in [0.2, 0.25) is 5.02 Å². The van der Waals surface area contributed by atoms with E-state index in [1.54, 1.807) is 24.3 Å². The van der Waals surface area contributed by atoms with E-state index in [2.05, 4.69) is 10.6 Å². The number of carbonyl (C=O) groups excluding carboxylic acids is 2. The number of aliphatic carboxylic acids is 1. The molecule has 136 valence electrons. The van der Waals surface area contributed by atoms with E-state index in [0.717, 1.165) is 24.8 Å². The summed E-state index contributed by atoms with van der Waals surface area (Å²) in [6, 6.07) is 6.31. The van der Waals surface area contributed by atoms with Gasteiger partial charge in [-0.25, -0.2) is 4.79 Å². The first-order valence-electron chi connectivity index (χ1n) is 8.39. The van der Waals surface area contributed by atoms with Crippen molar-refractivity contribution < 1.29 is 19.5 Å². The zero-order valence-electron chi connectivity index (χ0n) is 14.2. The van der Waals surface area contributed by atoms with Crippen molar-refractivity contribution in [1.82, 2.24) is 10.6 Å². The van der Waals surface area contributed by atoms with Crippen molar-refractivity contribution in [3.63, 3.8) is 0 Å². The minimum absolute atomic E-state index is 0.0315. The van der Waals surface area contributed by atoms with E-state index < -0.39 is 23.5 Å². The normalized spacial score (nSPS) is 17.4. The maximum absolute atomic E-state index is 12.5. The third kappa shape index (κ3) is 5.19. The van der Waals surface area contributed by atoms with Gasteiger partial charge in [0.05, 0.1) is 12.5 Å². The molecule has 3 N–H and O–H groups in total. The van der Waals surface area contributed by atoms with Crippen LogP contribution in [0.5, 0.6) is 0 Å². The molecule has 0 spiro atoms. The number of nitrogens with one attached hydrogen (secondary N) is 2. The van der Waals surface area contributed by atoms with Crippen molar-refractivity contribution in [3.05, 3.63) is 34.9 Å². The molecule has 0 heterocycles. The maximum atomic E-state index is 12.5. The van der Waals surface area contributed by atoms with Crippen molar-refractivity contribution >= 4 is 29.4 Å². The monoisotopic (exact) mass is 366 g/mol. The Hall–Kier alpha value is -2.08. The number of benzene rings is 1. The van der Waals surface area contributed by atoms with Gasteiger partial charge in [0.15, 0.2) is 0 Å². The number of carboxylic acids is 1. The average molecular weight is 367 g/mol. The summed E-state index contributed by atoms with van der Waals surface area (Å²) in [5, 5.41) is 15.6. The molecule has 0 saturated heterocycles. The Morgan fingerprint density at radius 1 is 1.16 bits per heavy atom. The largest absolute Gasteiger partial charge is 0.480 e. The first kappa shape index (κ1) is 19.2. The summed E-state index contributed by atoms with van der Waals surface area (Å²) in [4.78, 5) is 35.7. The highest BCUT2D eigenvalue weighted by atomic mass is 35.5. The lowest BCUT2D eigenvalue weighted by Gasteiger charge is -2.34. The SMILES string of the molecule is CC(=O)N[C@@H](CC(=O)NC1(C(=O)O)CCCCC1)c1ccc(Cl)cc1. The van der Waals surface area contributed by atoms with Gasteiger partial charge in [-0.1, -0.05) is 43.0 Å². The number of halogens is 1. The molecule has 1 aliphatic carbocycles. The Balaban J connectivity index is 2.11. The molecule has 2 rings (SSSR count). The Labute approximate surface area is 151 Å². The Kier molecular flexibility index (Phi) is 6.42. The first-order valence-corrected chi connectivity index (χ1v) is 8.77. The summed E-state index contributed by atoms with van der Waals surface area (Å²) in [6.07, 6.45) is 3.36. The lowest BCUT2D eigenvalue weighted by Crippen LogP contribution is -2.56. The molecule has 6 nitrogen and oxygen atoms in total. The summed E-state index contributed by atoms with van der Waals surface area (Å²) in [5.74, 6) is -1.65. The molecule has 0 aromatic heterocycles. The van der Waals surface area contributed by atoms with Crippen LogP contribution in [-0.2, 0) is 14.4 Å². The molecule has 0 bridgehead atoms. The predicted octanol–water partition coefficient (Wildman–Crippen LogP) is 2.81. The van der Waals surface area contributed by atoms with E-state index in [1.165, 1.54) is 6.92 Å². The summed E-state index contributed by atoms with van der Waals surface area (Å²) in [5.41, 5.74) is -0.460. The third-order valence-corrected chi connectivity index (χ3v) is 4.79. The number of carboxylic acid groups (broad SMARTS) is 1. The highest BCUT2D eigenvalue weighted by Crippen LogP contribution is 2.29. The molecule has 1 fully saturated rings. The van der Waals surface area contributed by atoms with E-state index in [-0.39, 0.29) is 12.3 Å². The van der Waals surface area contributed by atoms with E-state index >= 15 is 0 Å². The molecule has 1 aromatic carbocycles. The van der Waals surface area contributed by atoms with Gasteiger partial charge in [-0.05, 0) is 30.5 Å². The fourth-order valence-corrected chi connectivity index (χ4v) is 3.37. The van der Waals surface area contributed by atoms with Gasteiger partial charge < -0.3 is 15.7 Å². The average Bonchev–Trinajstić information content (AvgIpc) is 2.55. The molecule has 0 aliphatic heterocycles. The molecule has 0 unspecified atom stereocenters. The maximum Gasteiger partial charge on any atom is 0.329 e. The second kappa shape index (κ2) is 8.34. The van der Waals surface area contributed by atoms with Crippen molar-refractivity contribution in [1.29, 1.82) is 0 Å². The third-order valence-electron chi connectivity index (χ3n) is 4.53. The highest BCUT2D eigenvalue weighted by molar-refractivity contribution is 6.30. The summed E-state index contributed by atoms with van der Waals surface area (Å²) < 4.78 is 0. The van der Waals surface area contributed by atoms with Crippen LogP contribution in [0.1, 0.15) is 57.1 Å². The molecular weight excluding hydrogens is 344 g/mol. The van der Waals surface area contributed by atoms with E-state index in [4.69, 9.17) is 11.6 Å². The molecule has 1 atom stereocenters. The lowest BCUT2D eigenvalue weighted by molar-refractivity contribution is -0.149. The van der Waals surface area contributed by atoms with Crippen LogP contribution >= 0.6 is 11.6 Å². The van der Waals surface area contributed by atoms with Crippen LogP contribution in [0.3, 0.4) is 0 Å². The van der Waals surface area contributed by atoms with Crippen LogP contribution in [0.15, 0.2) is 24.3 Å². The standard InChI is InChI=1S/C18H23ClN2O4/c1-12(22)20-15(13-5-7-14(19)8-6-13)11-16(23)21-18(17(24)25)9-3-2-4-10-18/h5-8,15H,2-4,9-11H2,1H3,(H,20,22)(H,21,23)(H,24,25)/t15-/m0/s1. The second-order valence-corrected chi connectivity index (χ2v) is 6.94. The fraction of sp³-hybridized carbons (Fsp3) is 0.500. The van der Waals surface area contributed by atoms with Crippen molar-refractivity contribution in [2.75, 3.05) is 0 Å². The van der Waals surface area contributed by atoms with Gasteiger partial charge in [-0.15, -0.1) is 0 Å². The topological polar surface area (TPSA) is 95.5 Å². The van der Waals surface area contributed by atoms with E-state index in [0.29, 0.717) is 17.9 Å². The zero-order chi connectivity index (χ0) is 18.4.